The van der Waals surface area contributed by atoms with Crippen LogP contribution in [0.4, 0.5) is 18.9 Å². The molecule has 5 nitrogen and oxygen atoms in total. The number of carbonyl (C=O) groups is 1. The van der Waals surface area contributed by atoms with Crippen LogP contribution in [-0.4, -0.2) is 27.4 Å². The molecule has 1 amide bonds. The Hall–Kier alpha value is -2.81. The maximum Gasteiger partial charge on any atom is 0.416 e. The number of hydrogen-bond acceptors (Lipinski definition) is 3. The van der Waals surface area contributed by atoms with Crippen molar-refractivity contribution in [1.82, 2.24) is 5.32 Å². The summed E-state index contributed by atoms with van der Waals surface area (Å²) in [4.78, 5) is 12.5. The summed E-state index contributed by atoms with van der Waals surface area (Å²) in [5.74, 6) is -0.584. The molecule has 3 rings (SSSR count). The molecular formula is C24H27F3N2O3S. The minimum atomic E-state index is -4.65. The van der Waals surface area contributed by atoms with Gasteiger partial charge in [-0.05, 0) is 69.4 Å². The quantitative estimate of drug-likeness (QED) is 0.527. The molecule has 1 aliphatic rings. The Morgan fingerprint density at radius 1 is 1.09 bits per heavy atom. The van der Waals surface area contributed by atoms with Gasteiger partial charge in [0.15, 0.2) is 0 Å². The van der Waals surface area contributed by atoms with Gasteiger partial charge in [0.05, 0.1) is 16.1 Å². The number of rotatable bonds is 8. The second-order valence-corrected chi connectivity index (χ2v) is 9.94. The highest BCUT2D eigenvalue weighted by Gasteiger charge is 2.33. The highest BCUT2D eigenvalue weighted by atomic mass is 32.2. The summed E-state index contributed by atoms with van der Waals surface area (Å²) in [7, 11) is -4.28. The molecule has 9 heteroatoms. The molecule has 0 atom stereocenters. The van der Waals surface area contributed by atoms with Crippen LogP contribution in [0.25, 0.3) is 0 Å². The first kappa shape index (κ1) is 24.8. The van der Waals surface area contributed by atoms with Crippen LogP contribution in [0.2, 0.25) is 0 Å². The third-order valence-corrected chi connectivity index (χ3v) is 7.30. The summed E-state index contributed by atoms with van der Waals surface area (Å²) < 4.78 is 67.1. The van der Waals surface area contributed by atoms with E-state index in [0.29, 0.717) is 13.0 Å². The van der Waals surface area contributed by atoms with Gasteiger partial charge < -0.3 is 5.32 Å². The van der Waals surface area contributed by atoms with Crippen molar-refractivity contribution in [3.05, 3.63) is 71.3 Å². The van der Waals surface area contributed by atoms with E-state index in [1.807, 2.05) is 0 Å². The van der Waals surface area contributed by atoms with Crippen LogP contribution in [-0.2, 0) is 21.0 Å². The van der Waals surface area contributed by atoms with Gasteiger partial charge in [-0.15, -0.1) is 0 Å². The Labute approximate surface area is 192 Å². The molecule has 0 aliphatic heterocycles. The summed E-state index contributed by atoms with van der Waals surface area (Å²) in [6, 6.07) is 9.91. The summed E-state index contributed by atoms with van der Waals surface area (Å²) in [6.07, 6.45) is 2.43. The number of nitrogens with zero attached hydrogens (tertiary/aromatic N) is 1. The van der Waals surface area contributed by atoms with Gasteiger partial charge in [0.1, 0.15) is 6.54 Å². The minimum absolute atomic E-state index is 0.106. The lowest BCUT2D eigenvalue weighted by atomic mass is 9.97. The first-order chi connectivity index (χ1) is 15.6. The van der Waals surface area contributed by atoms with Gasteiger partial charge in [-0.1, -0.05) is 35.4 Å². The first-order valence-electron chi connectivity index (χ1n) is 10.8. The fraction of sp³-hybridized carbons (Fsp3) is 0.375. The Balaban J connectivity index is 1.85. The van der Waals surface area contributed by atoms with Crippen molar-refractivity contribution in [2.24, 2.45) is 0 Å². The van der Waals surface area contributed by atoms with Gasteiger partial charge in [0, 0.05) is 6.54 Å². The van der Waals surface area contributed by atoms with Gasteiger partial charge in [-0.25, -0.2) is 8.42 Å². The minimum Gasteiger partial charge on any atom is -0.354 e. The molecule has 0 saturated heterocycles. The number of alkyl halides is 3. The van der Waals surface area contributed by atoms with Crippen LogP contribution in [0, 0.1) is 6.92 Å². The predicted octanol–water partition coefficient (Wildman–Crippen LogP) is 5.22. The number of carbonyl (C=O) groups excluding carboxylic acids is 1. The number of nitrogens with one attached hydrogen (secondary N) is 1. The molecule has 0 bridgehead atoms. The summed E-state index contributed by atoms with van der Waals surface area (Å²) in [6.45, 7) is 1.50. The lowest BCUT2D eigenvalue weighted by molar-refractivity contribution is -0.137. The number of halogens is 3. The van der Waals surface area contributed by atoms with E-state index in [-0.39, 0.29) is 10.6 Å². The average molecular weight is 481 g/mol. The van der Waals surface area contributed by atoms with Gasteiger partial charge >= 0.3 is 6.18 Å². The molecule has 2 aromatic rings. The molecule has 0 unspecified atom stereocenters. The lowest BCUT2D eigenvalue weighted by Gasteiger charge is -2.25. The standard InChI is InChI=1S/C24H27F3N2O3S/c1-18-10-12-22(13-11-18)33(31,32)29(21-9-5-8-20(16-21)24(25,26)27)17-23(30)28-15-14-19-6-3-2-4-7-19/h5-6,8-13,16H,2-4,7,14-15,17H2,1H3,(H,28,30). The molecule has 0 saturated carbocycles. The zero-order valence-corrected chi connectivity index (χ0v) is 19.2. The molecule has 33 heavy (non-hydrogen) atoms. The van der Waals surface area contributed by atoms with Crippen molar-refractivity contribution in [1.29, 1.82) is 0 Å². The Morgan fingerprint density at radius 2 is 1.82 bits per heavy atom. The fourth-order valence-electron chi connectivity index (χ4n) is 3.67. The number of anilines is 1. The maximum absolute atomic E-state index is 13.3. The van der Waals surface area contributed by atoms with Crippen molar-refractivity contribution < 1.29 is 26.4 Å². The van der Waals surface area contributed by atoms with E-state index in [2.05, 4.69) is 11.4 Å². The van der Waals surface area contributed by atoms with E-state index in [4.69, 9.17) is 0 Å². The van der Waals surface area contributed by atoms with Crippen molar-refractivity contribution >= 4 is 21.6 Å². The van der Waals surface area contributed by atoms with Crippen molar-refractivity contribution in [2.75, 3.05) is 17.4 Å². The zero-order valence-electron chi connectivity index (χ0n) is 18.4. The Bertz CT molecular complexity index is 1110. The summed E-state index contributed by atoms with van der Waals surface area (Å²) >= 11 is 0. The summed E-state index contributed by atoms with van der Waals surface area (Å²) in [5, 5.41) is 2.70. The van der Waals surface area contributed by atoms with E-state index >= 15 is 0 Å². The van der Waals surface area contributed by atoms with E-state index < -0.39 is 34.2 Å². The number of sulfonamides is 1. The van der Waals surface area contributed by atoms with Crippen LogP contribution in [0.1, 0.15) is 43.2 Å². The average Bonchev–Trinajstić information content (AvgIpc) is 2.78. The monoisotopic (exact) mass is 480 g/mol. The number of aryl methyl sites for hydroxylation is 1. The molecule has 0 aromatic heterocycles. The molecule has 178 valence electrons. The van der Waals surface area contributed by atoms with Gasteiger partial charge in [-0.2, -0.15) is 13.2 Å². The number of amides is 1. The van der Waals surface area contributed by atoms with E-state index in [1.54, 1.807) is 19.1 Å². The van der Waals surface area contributed by atoms with Gasteiger partial charge in [0.25, 0.3) is 10.0 Å². The molecule has 0 spiro atoms. The predicted molar refractivity (Wildman–Crippen MR) is 121 cm³/mol. The van der Waals surface area contributed by atoms with Crippen LogP contribution in [0.3, 0.4) is 0 Å². The van der Waals surface area contributed by atoms with E-state index in [1.165, 1.54) is 23.8 Å². The van der Waals surface area contributed by atoms with Crippen molar-refractivity contribution in [3.8, 4) is 0 Å². The third kappa shape index (κ3) is 6.60. The van der Waals surface area contributed by atoms with Crippen molar-refractivity contribution in [3.63, 3.8) is 0 Å². The van der Waals surface area contributed by atoms with Gasteiger partial charge in [0.2, 0.25) is 5.91 Å². The highest BCUT2D eigenvalue weighted by molar-refractivity contribution is 7.92. The topological polar surface area (TPSA) is 66.5 Å². The smallest absolute Gasteiger partial charge is 0.354 e. The maximum atomic E-state index is 13.3. The highest BCUT2D eigenvalue weighted by Crippen LogP contribution is 2.33. The largest absolute Gasteiger partial charge is 0.416 e. The SMILES string of the molecule is Cc1ccc(S(=O)(=O)N(CC(=O)NCCC2=CCCCC2)c2cccc(C(F)(F)F)c2)cc1. The zero-order chi connectivity index (χ0) is 24.1. The molecule has 0 heterocycles. The molecule has 0 fully saturated rings. The first-order valence-corrected chi connectivity index (χ1v) is 12.2. The Kier molecular flexibility index (Phi) is 7.84. The second-order valence-electron chi connectivity index (χ2n) is 8.08. The van der Waals surface area contributed by atoms with Crippen LogP contribution in [0.5, 0.6) is 0 Å². The van der Waals surface area contributed by atoms with Crippen LogP contribution in [0.15, 0.2) is 65.1 Å². The normalized spacial score (nSPS) is 14.5. The van der Waals surface area contributed by atoms with Crippen LogP contribution >= 0.6 is 0 Å². The summed E-state index contributed by atoms with van der Waals surface area (Å²) in [5.41, 5.74) is 0.863. The molecule has 0 radical (unpaired) electrons. The van der Waals surface area contributed by atoms with E-state index in [9.17, 15) is 26.4 Å². The lowest BCUT2D eigenvalue weighted by Crippen LogP contribution is -2.41. The molecule has 1 aliphatic carbocycles. The number of benzene rings is 2. The van der Waals surface area contributed by atoms with Gasteiger partial charge in [-0.3, -0.25) is 9.10 Å². The van der Waals surface area contributed by atoms with E-state index in [0.717, 1.165) is 53.8 Å². The second kappa shape index (κ2) is 10.4. The molecule has 2 aromatic carbocycles. The fourth-order valence-corrected chi connectivity index (χ4v) is 5.08. The third-order valence-electron chi connectivity index (χ3n) is 5.51. The molecule has 1 N–H and O–H groups in total. The van der Waals surface area contributed by atoms with Crippen LogP contribution < -0.4 is 9.62 Å². The number of hydrogen-bond donors (Lipinski definition) is 1. The molecular weight excluding hydrogens is 453 g/mol. The number of allylic oxidation sites excluding steroid dienone is 1. The van der Waals surface area contributed by atoms with Crippen molar-refractivity contribution in [2.45, 2.75) is 50.1 Å². The Morgan fingerprint density at radius 3 is 2.45 bits per heavy atom.